The molecule has 0 aliphatic rings. The van der Waals surface area contributed by atoms with Crippen LogP contribution in [-0.2, 0) is 10.0 Å². The summed E-state index contributed by atoms with van der Waals surface area (Å²) >= 11 is 0. The summed E-state index contributed by atoms with van der Waals surface area (Å²) < 4.78 is 24.7. The third-order valence-corrected chi connectivity index (χ3v) is 2.92. The van der Waals surface area contributed by atoms with E-state index in [0.29, 0.717) is 12.3 Å². The number of hydrogen-bond donors (Lipinski definition) is 3. The molecule has 0 amide bonds. The third kappa shape index (κ3) is 6.67. The van der Waals surface area contributed by atoms with Gasteiger partial charge in [-0.2, -0.15) is 0 Å². The number of nitrogens with zero attached hydrogens (tertiary/aromatic N) is 1. The molecule has 7 heteroatoms. The fourth-order valence-electron chi connectivity index (χ4n) is 0.682. The minimum absolute atomic E-state index is 0.0589. The van der Waals surface area contributed by atoms with Crippen molar-refractivity contribution in [3.05, 3.63) is 0 Å². The van der Waals surface area contributed by atoms with E-state index in [-0.39, 0.29) is 18.1 Å². The van der Waals surface area contributed by atoms with E-state index in [0.717, 1.165) is 0 Å². The first-order valence-electron chi connectivity index (χ1n) is 4.31. The molecule has 0 atom stereocenters. The average molecular weight is 223 g/mol. The van der Waals surface area contributed by atoms with Crippen molar-refractivity contribution >= 4 is 15.9 Å². The molecule has 14 heavy (non-hydrogen) atoms. The molecule has 0 saturated heterocycles. The molecule has 0 unspecified atom stereocenters. The SMILES string of the molecule is CC(C)CCS(=O)(=O)NCC(N)=NO. The first-order valence-corrected chi connectivity index (χ1v) is 5.96. The highest BCUT2D eigenvalue weighted by atomic mass is 32.2. The molecule has 0 aromatic heterocycles. The van der Waals surface area contributed by atoms with Crippen molar-refractivity contribution in [2.45, 2.75) is 20.3 Å². The molecule has 0 radical (unpaired) electrons. The molecule has 0 aliphatic heterocycles. The molecule has 0 saturated carbocycles. The van der Waals surface area contributed by atoms with E-state index < -0.39 is 10.0 Å². The molecule has 84 valence electrons. The van der Waals surface area contributed by atoms with Gasteiger partial charge in [0.15, 0.2) is 5.84 Å². The van der Waals surface area contributed by atoms with Gasteiger partial charge in [0.1, 0.15) is 0 Å². The molecule has 6 nitrogen and oxygen atoms in total. The van der Waals surface area contributed by atoms with E-state index in [9.17, 15) is 8.42 Å². The first-order chi connectivity index (χ1) is 6.37. The predicted octanol–water partition coefficient (Wildman–Crippen LogP) is -0.302. The van der Waals surface area contributed by atoms with E-state index in [4.69, 9.17) is 10.9 Å². The number of hydrogen-bond acceptors (Lipinski definition) is 4. The van der Waals surface area contributed by atoms with Crippen LogP contribution in [0, 0.1) is 5.92 Å². The maximum Gasteiger partial charge on any atom is 0.212 e. The van der Waals surface area contributed by atoms with Crippen LogP contribution in [0.1, 0.15) is 20.3 Å². The first kappa shape index (κ1) is 13.2. The van der Waals surface area contributed by atoms with Gasteiger partial charge in [0, 0.05) is 0 Å². The summed E-state index contributed by atoms with van der Waals surface area (Å²) in [4.78, 5) is 0. The van der Waals surface area contributed by atoms with Gasteiger partial charge in [-0.3, -0.25) is 0 Å². The highest BCUT2D eigenvalue weighted by molar-refractivity contribution is 7.89. The van der Waals surface area contributed by atoms with Gasteiger partial charge in [0.05, 0.1) is 12.3 Å². The van der Waals surface area contributed by atoms with Gasteiger partial charge in [-0.05, 0) is 12.3 Å². The Morgan fingerprint density at radius 2 is 2.14 bits per heavy atom. The van der Waals surface area contributed by atoms with Crippen LogP contribution in [0.4, 0.5) is 0 Å². The summed E-state index contributed by atoms with van der Waals surface area (Å²) in [6.45, 7) is 3.73. The predicted molar refractivity (Wildman–Crippen MR) is 54.7 cm³/mol. The number of nitrogens with one attached hydrogen (secondary N) is 1. The van der Waals surface area contributed by atoms with Crippen LogP contribution < -0.4 is 10.5 Å². The molecule has 0 aromatic rings. The highest BCUT2D eigenvalue weighted by Gasteiger charge is 2.11. The van der Waals surface area contributed by atoms with Crippen LogP contribution in [0.3, 0.4) is 0 Å². The second-order valence-corrected chi connectivity index (χ2v) is 5.34. The van der Waals surface area contributed by atoms with Gasteiger partial charge in [0.2, 0.25) is 10.0 Å². The van der Waals surface area contributed by atoms with Gasteiger partial charge in [-0.25, -0.2) is 13.1 Å². The molecule has 0 rings (SSSR count). The Balaban J connectivity index is 3.97. The highest BCUT2D eigenvalue weighted by Crippen LogP contribution is 2.01. The minimum atomic E-state index is -3.30. The molecule has 0 aromatic carbocycles. The normalized spacial score (nSPS) is 13.5. The standard InChI is InChI=1S/C7H17N3O3S/c1-6(2)3-4-14(12,13)9-5-7(8)10-11/h6,9,11H,3-5H2,1-2H3,(H2,8,10). The van der Waals surface area contributed by atoms with Gasteiger partial charge < -0.3 is 10.9 Å². The summed E-state index contributed by atoms with van der Waals surface area (Å²) in [5, 5.41) is 10.8. The van der Waals surface area contributed by atoms with Gasteiger partial charge in [0.25, 0.3) is 0 Å². The molecule has 4 N–H and O–H groups in total. The Bertz CT molecular complexity index is 285. The van der Waals surface area contributed by atoms with Crippen LogP contribution >= 0.6 is 0 Å². The van der Waals surface area contributed by atoms with Crippen LogP contribution in [0.15, 0.2) is 5.16 Å². The number of nitrogens with two attached hydrogens (primary N) is 1. The van der Waals surface area contributed by atoms with Gasteiger partial charge in [-0.1, -0.05) is 19.0 Å². The summed E-state index contributed by atoms with van der Waals surface area (Å²) in [6, 6.07) is 0. The Kier molecular flexibility index (Phi) is 5.47. The average Bonchev–Trinajstić information content (AvgIpc) is 2.11. The molecule has 0 spiro atoms. The van der Waals surface area contributed by atoms with Gasteiger partial charge >= 0.3 is 0 Å². The Hall–Kier alpha value is -0.820. The van der Waals surface area contributed by atoms with E-state index in [1.54, 1.807) is 0 Å². The zero-order valence-electron chi connectivity index (χ0n) is 8.40. The lowest BCUT2D eigenvalue weighted by molar-refractivity contribution is 0.317. The van der Waals surface area contributed by atoms with E-state index >= 15 is 0 Å². The zero-order valence-corrected chi connectivity index (χ0v) is 9.21. The summed E-state index contributed by atoms with van der Waals surface area (Å²) in [5.74, 6) is 0.233. The van der Waals surface area contributed by atoms with Crippen molar-refractivity contribution in [3.63, 3.8) is 0 Å². The van der Waals surface area contributed by atoms with E-state index in [2.05, 4.69) is 9.88 Å². The second kappa shape index (κ2) is 5.82. The van der Waals surface area contributed by atoms with Crippen LogP contribution in [0.2, 0.25) is 0 Å². The Morgan fingerprint density at radius 1 is 1.57 bits per heavy atom. The molecule has 0 heterocycles. The Morgan fingerprint density at radius 3 is 2.57 bits per heavy atom. The largest absolute Gasteiger partial charge is 0.409 e. The fraction of sp³-hybridized carbons (Fsp3) is 0.857. The topological polar surface area (TPSA) is 105 Å². The van der Waals surface area contributed by atoms with Crippen molar-refractivity contribution in [2.24, 2.45) is 16.8 Å². The lowest BCUT2D eigenvalue weighted by Crippen LogP contribution is -2.35. The van der Waals surface area contributed by atoms with Gasteiger partial charge in [-0.15, -0.1) is 0 Å². The molecule has 0 fully saturated rings. The van der Waals surface area contributed by atoms with Crippen molar-refractivity contribution in [2.75, 3.05) is 12.3 Å². The van der Waals surface area contributed by atoms with Crippen molar-refractivity contribution in [1.29, 1.82) is 0 Å². The van der Waals surface area contributed by atoms with Crippen LogP contribution in [0.5, 0.6) is 0 Å². The lowest BCUT2D eigenvalue weighted by atomic mass is 10.2. The lowest BCUT2D eigenvalue weighted by Gasteiger charge is -2.07. The summed E-state index contributed by atoms with van der Waals surface area (Å²) in [7, 11) is -3.30. The molecular weight excluding hydrogens is 206 g/mol. The molecule has 0 bridgehead atoms. The zero-order chi connectivity index (χ0) is 11.2. The second-order valence-electron chi connectivity index (χ2n) is 3.41. The van der Waals surface area contributed by atoms with Crippen molar-refractivity contribution in [3.8, 4) is 0 Å². The monoisotopic (exact) mass is 223 g/mol. The smallest absolute Gasteiger partial charge is 0.212 e. The van der Waals surface area contributed by atoms with Crippen LogP contribution in [-0.4, -0.2) is 31.8 Å². The third-order valence-electron chi connectivity index (χ3n) is 1.57. The number of amidine groups is 1. The quantitative estimate of drug-likeness (QED) is 0.249. The maximum absolute atomic E-state index is 11.3. The van der Waals surface area contributed by atoms with E-state index in [1.165, 1.54) is 0 Å². The molecule has 0 aliphatic carbocycles. The number of sulfonamides is 1. The maximum atomic E-state index is 11.3. The van der Waals surface area contributed by atoms with Crippen molar-refractivity contribution in [1.82, 2.24) is 4.72 Å². The molecular formula is C7H17N3O3S. The Labute approximate surface area is 84.2 Å². The number of oxime groups is 1. The fourth-order valence-corrected chi connectivity index (χ4v) is 1.98. The number of rotatable bonds is 6. The summed E-state index contributed by atoms with van der Waals surface area (Å²) in [6.07, 6.45) is 0.589. The van der Waals surface area contributed by atoms with E-state index in [1.807, 2.05) is 13.8 Å². The van der Waals surface area contributed by atoms with Crippen LogP contribution in [0.25, 0.3) is 0 Å². The van der Waals surface area contributed by atoms with Crippen molar-refractivity contribution < 1.29 is 13.6 Å². The minimum Gasteiger partial charge on any atom is -0.409 e. The summed E-state index contributed by atoms with van der Waals surface area (Å²) in [5.41, 5.74) is 5.11.